The van der Waals surface area contributed by atoms with Gasteiger partial charge in [0.1, 0.15) is 19.3 Å². The van der Waals surface area contributed by atoms with E-state index < -0.39 is 97.5 Å². The minimum Gasteiger partial charge on any atom is -0.462 e. The third-order valence-electron chi connectivity index (χ3n) is 17.8. The Balaban J connectivity index is 5.43. The average Bonchev–Trinajstić information content (AvgIpc) is 0.900. The van der Waals surface area contributed by atoms with Crippen LogP contribution in [0.15, 0.2) is 146 Å². The molecule has 19 heteroatoms. The highest BCUT2D eigenvalue weighted by molar-refractivity contribution is 7.47. The summed E-state index contributed by atoms with van der Waals surface area (Å²) in [6.07, 6.45) is 95.1. The molecule has 5 atom stereocenters. The lowest BCUT2D eigenvalue weighted by atomic mass is 10.0. The quantitative estimate of drug-likeness (QED) is 0.0169. The van der Waals surface area contributed by atoms with Gasteiger partial charge in [-0.25, -0.2) is 9.13 Å². The van der Waals surface area contributed by atoms with E-state index in [2.05, 4.69) is 174 Å². The van der Waals surface area contributed by atoms with E-state index in [1.54, 1.807) is 0 Å². The lowest BCUT2D eigenvalue weighted by molar-refractivity contribution is -0.161. The summed E-state index contributed by atoms with van der Waals surface area (Å²) >= 11 is 0. The van der Waals surface area contributed by atoms with Crippen LogP contribution in [0.3, 0.4) is 0 Å². The average molecular weight is 1580 g/mol. The zero-order valence-electron chi connectivity index (χ0n) is 69.1. The van der Waals surface area contributed by atoms with Crippen molar-refractivity contribution in [3.05, 3.63) is 146 Å². The first-order chi connectivity index (χ1) is 53.7. The molecule has 0 bridgehead atoms. The van der Waals surface area contributed by atoms with Gasteiger partial charge in [-0.3, -0.25) is 37.3 Å². The fourth-order valence-electron chi connectivity index (χ4n) is 11.4. The van der Waals surface area contributed by atoms with Crippen molar-refractivity contribution in [2.24, 2.45) is 0 Å². The lowest BCUT2D eigenvalue weighted by Crippen LogP contribution is -2.30. The van der Waals surface area contributed by atoms with Crippen LogP contribution in [0, 0.1) is 0 Å². The fraction of sp³-hybridized carbons (Fsp3) is 0.692. The second kappa shape index (κ2) is 81.9. The molecule has 17 nitrogen and oxygen atoms in total. The van der Waals surface area contributed by atoms with Gasteiger partial charge in [0, 0.05) is 25.7 Å². The van der Waals surface area contributed by atoms with Crippen LogP contribution in [0.1, 0.15) is 349 Å². The second-order valence-corrected chi connectivity index (χ2v) is 31.2. The number of carbonyl (C=O) groups excluding carboxylic acids is 4. The predicted octanol–water partition coefficient (Wildman–Crippen LogP) is 25.8. The monoisotopic (exact) mass is 1580 g/mol. The van der Waals surface area contributed by atoms with E-state index in [4.69, 9.17) is 37.0 Å². The Kier molecular flexibility index (Phi) is 78.2. The number of phosphoric ester groups is 2. The highest BCUT2D eigenvalue weighted by atomic mass is 31.2. The van der Waals surface area contributed by atoms with Gasteiger partial charge < -0.3 is 33.8 Å². The van der Waals surface area contributed by atoms with Crippen molar-refractivity contribution in [3.63, 3.8) is 0 Å². The first-order valence-corrected chi connectivity index (χ1v) is 46.1. The Labute approximate surface area is 668 Å². The summed E-state index contributed by atoms with van der Waals surface area (Å²) in [5, 5.41) is 10.7. The minimum atomic E-state index is -5.00. The van der Waals surface area contributed by atoms with E-state index in [0.29, 0.717) is 25.7 Å². The van der Waals surface area contributed by atoms with Crippen LogP contribution in [0.2, 0.25) is 0 Å². The fourth-order valence-corrected chi connectivity index (χ4v) is 13.0. The third kappa shape index (κ3) is 81.0. The molecule has 0 radical (unpaired) electrons. The molecule has 0 aromatic heterocycles. The highest BCUT2D eigenvalue weighted by Crippen LogP contribution is 2.45. The van der Waals surface area contributed by atoms with Gasteiger partial charge in [0.25, 0.3) is 0 Å². The van der Waals surface area contributed by atoms with E-state index in [1.807, 2.05) is 0 Å². The van der Waals surface area contributed by atoms with Crippen molar-refractivity contribution in [1.82, 2.24) is 0 Å². The molecule has 0 aromatic rings. The van der Waals surface area contributed by atoms with Crippen molar-refractivity contribution in [2.75, 3.05) is 39.6 Å². The first kappa shape index (κ1) is 105. The Morgan fingerprint density at radius 3 is 0.736 bits per heavy atom. The van der Waals surface area contributed by atoms with E-state index in [0.717, 1.165) is 205 Å². The second-order valence-electron chi connectivity index (χ2n) is 28.3. The molecular weight excluding hydrogens is 1430 g/mol. The Bertz CT molecular complexity index is 2650. The number of unbranched alkanes of at least 4 members (excludes halogenated alkanes) is 30. The molecule has 0 spiro atoms. The van der Waals surface area contributed by atoms with Crippen molar-refractivity contribution < 1.29 is 80.2 Å². The number of hydrogen-bond acceptors (Lipinski definition) is 15. The third-order valence-corrected chi connectivity index (χ3v) is 19.7. The van der Waals surface area contributed by atoms with E-state index >= 15 is 0 Å². The van der Waals surface area contributed by atoms with Gasteiger partial charge in [-0.2, -0.15) is 0 Å². The standard InChI is InChI=1S/C91H154O17P2/c1-5-9-13-17-21-25-29-33-37-40-42-45-49-52-56-60-64-68-72-76-89(94)102-82-87(108-91(96)78-74-70-66-62-58-54-50-46-43-41-38-34-30-26-22-18-14-10-6-2)84-106-110(99,100)104-80-85(92)79-103-109(97,98)105-83-86(107-90(95)77-73-69-65-61-57-53-47-36-32-28-24-20-16-12-8-4)81-101-88(93)75-71-67-63-59-55-51-48-44-39-35-31-27-23-19-15-11-7-3/h9-11,13-15,21-23,25-27,33-35,37-39,42-43,45-46,52,56,85-87,92H,5-8,12,16-20,24,28-32,36,40-41,44,47-51,53-55,57-84H2,1-4H3,(H,97,98)(H,99,100)/b13-9-,14-10-,15-11-,25-21-,26-22-,27-23-,37-33-,38-34-,39-35-,45-42-,46-43-,56-52-. The summed E-state index contributed by atoms with van der Waals surface area (Å²) in [4.78, 5) is 73.3. The van der Waals surface area contributed by atoms with Crippen LogP contribution in [0.4, 0.5) is 0 Å². The molecule has 0 rings (SSSR count). The zero-order chi connectivity index (χ0) is 80.3. The number of aliphatic hydroxyl groups excluding tert-OH is 1. The van der Waals surface area contributed by atoms with E-state index in [1.165, 1.54) is 64.2 Å². The summed E-state index contributed by atoms with van der Waals surface area (Å²) in [5.41, 5.74) is 0. The van der Waals surface area contributed by atoms with Crippen LogP contribution < -0.4 is 0 Å². The van der Waals surface area contributed by atoms with Gasteiger partial charge in [0.2, 0.25) is 0 Å². The Hall–Kier alpha value is -5.06. The number of carbonyl (C=O) groups is 4. The minimum absolute atomic E-state index is 0.0672. The Morgan fingerprint density at radius 1 is 0.264 bits per heavy atom. The molecule has 0 saturated carbocycles. The van der Waals surface area contributed by atoms with Gasteiger partial charge >= 0.3 is 39.5 Å². The van der Waals surface area contributed by atoms with Crippen LogP contribution >= 0.6 is 15.6 Å². The van der Waals surface area contributed by atoms with Gasteiger partial charge in [-0.15, -0.1) is 0 Å². The molecule has 0 aliphatic carbocycles. The Morgan fingerprint density at radius 2 is 0.473 bits per heavy atom. The van der Waals surface area contributed by atoms with Gasteiger partial charge in [0.15, 0.2) is 12.2 Å². The largest absolute Gasteiger partial charge is 0.472 e. The van der Waals surface area contributed by atoms with Crippen molar-refractivity contribution in [1.29, 1.82) is 0 Å². The summed E-state index contributed by atoms with van der Waals surface area (Å²) in [5.74, 6) is -2.23. The van der Waals surface area contributed by atoms with Gasteiger partial charge in [0.05, 0.1) is 26.4 Å². The number of ether oxygens (including phenoxy) is 4. The number of hydrogen-bond donors (Lipinski definition) is 3. The number of aliphatic hydroxyl groups is 1. The molecule has 0 amide bonds. The molecule has 0 aliphatic rings. The first-order valence-electron chi connectivity index (χ1n) is 43.1. The summed E-state index contributed by atoms with van der Waals surface area (Å²) in [6.45, 7) is 4.53. The maximum Gasteiger partial charge on any atom is 0.472 e. The SMILES string of the molecule is CC/C=C\C/C=C\C/C=C\C/C=C\C/C=C\CCCCCC(=O)OCC(COP(=O)(O)OCC(O)COP(=O)(O)OCC(COC(=O)CCCCCCCCC/C=C\C/C=C\C/C=C\CC)OC(=O)CCCCCCCCCCCCCCCCC)OC(=O)CCCCCCCC/C=C\C/C=C\C/C=C\C/C=C\CC. The summed E-state index contributed by atoms with van der Waals surface area (Å²) in [7, 11) is -9.99. The smallest absolute Gasteiger partial charge is 0.462 e. The van der Waals surface area contributed by atoms with E-state index in [-0.39, 0.29) is 25.7 Å². The molecule has 3 N–H and O–H groups in total. The normalized spacial score (nSPS) is 14.5. The maximum atomic E-state index is 13.2. The summed E-state index contributed by atoms with van der Waals surface area (Å²) < 4.78 is 68.8. The number of rotatable bonds is 80. The molecule has 0 heterocycles. The molecule has 110 heavy (non-hydrogen) atoms. The topological polar surface area (TPSA) is 237 Å². The molecule has 0 saturated heterocycles. The van der Waals surface area contributed by atoms with Crippen LogP contribution in [0.25, 0.3) is 0 Å². The predicted molar refractivity (Wildman–Crippen MR) is 454 cm³/mol. The lowest BCUT2D eigenvalue weighted by Gasteiger charge is -2.21. The van der Waals surface area contributed by atoms with Crippen molar-refractivity contribution in [3.8, 4) is 0 Å². The number of allylic oxidation sites excluding steroid dienone is 24. The van der Waals surface area contributed by atoms with E-state index in [9.17, 15) is 43.2 Å². The molecule has 0 aliphatic heterocycles. The number of phosphoric acid groups is 2. The molecule has 5 unspecified atom stereocenters. The van der Waals surface area contributed by atoms with Crippen molar-refractivity contribution >= 4 is 39.5 Å². The molecular formula is C91H154O17P2. The van der Waals surface area contributed by atoms with Gasteiger partial charge in [-0.1, -0.05) is 328 Å². The van der Waals surface area contributed by atoms with Crippen LogP contribution in [-0.2, 0) is 65.4 Å². The molecule has 0 aromatic carbocycles. The van der Waals surface area contributed by atoms with Crippen molar-refractivity contribution in [2.45, 2.75) is 367 Å². The highest BCUT2D eigenvalue weighted by Gasteiger charge is 2.30. The van der Waals surface area contributed by atoms with Crippen LogP contribution in [-0.4, -0.2) is 96.7 Å². The summed E-state index contributed by atoms with van der Waals surface area (Å²) in [6, 6.07) is 0. The number of esters is 4. The van der Waals surface area contributed by atoms with Gasteiger partial charge in [-0.05, 0) is 141 Å². The molecule has 0 fully saturated rings. The molecule has 630 valence electrons. The maximum absolute atomic E-state index is 13.2. The zero-order valence-corrected chi connectivity index (χ0v) is 70.9. The van der Waals surface area contributed by atoms with Crippen LogP contribution in [0.5, 0.6) is 0 Å².